The lowest BCUT2D eigenvalue weighted by Crippen LogP contribution is -2.47. The topological polar surface area (TPSA) is 142 Å². The molecule has 0 aliphatic carbocycles. The van der Waals surface area contributed by atoms with E-state index in [1.54, 1.807) is 0 Å². The summed E-state index contributed by atoms with van der Waals surface area (Å²) >= 11 is 0. The van der Waals surface area contributed by atoms with Crippen LogP contribution in [0.3, 0.4) is 0 Å². The molecule has 2 amide bonds. The Labute approximate surface area is 309 Å². The number of esters is 1. The third-order valence-electron chi connectivity index (χ3n) is 8.23. The molecule has 0 saturated carbocycles. The standard InChI is InChI=1S/C42H70N2O7/c1-3-5-7-9-11-13-14-15-16-18-20-26-30-34-41(48)51-37(31-27-23-19-17-12-10-8-6-4-2)32-28-24-21-22-25-29-33-39(46)43-35-40(47)44-38(36-45)42(49)50/h5,7,11,13,15-17,19,27,31,37-38,45H,3-4,6,8-10,12,14,18,20-26,28-30,32-36H2,1-2H3,(H,43,46)(H,44,47)(H,49,50)/b7-5-,13-11-,16-15-,19-17-,31-27-. The zero-order chi connectivity index (χ0) is 37.6. The van der Waals surface area contributed by atoms with Crippen molar-refractivity contribution in [2.24, 2.45) is 0 Å². The summed E-state index contributed by atoms with van der Waals surface area (Å²) in [5.74, 6) is -2.39. The first-order valence-corrected chi connectivity index (χ1v) is 19.7. The molecule has 0 aromatic heterocycles. The fourth-order valence-electron chi connectivity index (χ4n) is 5.21. The third-order valence-corrected chi connectivity index (χ3v) is 8.23. The van der Waals surface area contributed by atoms with E-state index in [0.29, 0.717) is 12.8 Å². The number of ether oxygens (including phenoxy) is 1. The van der Waals surface area contributed by atoms with E-state index in [9.17, 15) is 19.2 Å². The molecule has 9 heteroatoms. The first-order valence-electron chi connectivity index (χ1n) is 19.7. The summed E-state index contributed by atoms with van der Waals surface area (Å²) in [6.07, 6.45) is 42.7. The third kappa shape index (κ3) is 33.4. The van der Waals surface area contributed by atoms with Gasteiger partial charge in [-0.05, 0) is 83.1 Å². The number of unbranched alkanes of at least 4 members (excludes halogenated alkanes) is 12. The highest BCUT2D eigenvalue weighted by Gasteiger charge is 2.18. The monoisotopic (exact) mass is 715 g/mol. The van der Waals surface area contributed by atoms with Gasteiger partial charge in [0.1, 0.15) is 12.1 Å². The van der Waals surface area contributed by atoms with Gasteiger partial charge in [0, 0.05) is 12.8 Å². The van der Waals surface area contributed by atoms with Crippen molar-refractivity contribution in [3.05, 3.63) is 60.8 Å². The number of aliphatic carboxylic acids is 1. The van der Waals surface area contributed by atoms with E-state index in [4.69, 9.17) is 14.9 Å². The molecule has 51 heavy (non-hydrogen) atoms. The van der Waals surface area contributed by atoms with Crippen LogP contribution in [0.2, 0.25) is 0 Å². The van der Waals surface area contributed by atoms with Crippen molar-refractivity contribution < 1.29 is 34.1 Å². The lowest BCUT2D eigenvalue weighted by molar-refractivity contribution is -0.147. The van der Waals surface area contributed by atoms with Crippen LogP contribution in [0.1, 0.15) is 155 Å². The second kappa shape index (κ2) is 36.3. The SMILES string of the molecule is CC/C=C\C/C=C\C/C=C\CCCCCC(=O)OC(/C=C\C/C=C\CCCCCC)CCCCCCCCC(=O)NCC(=O)NC(CO)C(=O)O. The van der Waals surface area contributed by atoms with E-state index in [1.807, 2.05) is 6.08 Å². The zero-order valence-corrected chi connectivity index (χ0v) is 31.8. The van der Waals surface area contributed by atoms with Gasteiger partial charge in [-0.1, -0.05) is 120 Å². The van der Waals surface area contributed by atoms with Gasteiger partial charge in [0.25, 0.3) is 0 Å². The van der Waals surface area contributed by atoms with Crippen molar-refractivity contribution in [3.8, 4) is 0 Å². The fraction of sp³-hybridized carbons (Fsp3) is 0.667. The fourth-order valence-corrected chi connectivity index (χ4v) is 5.21. The van der Waals surface area contributed by atoms with Crippen LogP contribution in [0.15, 0.2) is 60.8 Å². The molecule has 9 nitrogen and oxygen atoms in total. The Bertz CT molecular complexity index is 1050. The normalized spacial score (nSPS) is 13.2. The number of hydrogen-bond donors (Lipinski definition) is 4. The molecule has 0 spiro atoms. The van der Waals surface area contributed by atoms with Crippen LogP contribution in [-0.2, 0) is 23.9 Å². The smallest absolute Gasteiger partial charge is 0.328 e. The number of allylic oxidation sites excluding steroid dienone is 9. The van der Waals surface area contributed by atoms with E-state index in [0.717, 1.165) is 96.3 Å². The predicted octanol–water partition coefficient (Wildman–Crippen LogP) is 8.98. The highest BCUT2D eigenvalue weighted by Crippen LogP contribution is 2.15. The molecular weight excluding hydrogens is 644 g/mol. The van der Waals surface area contributed by atoms with Crippen molar-refractivity contribution in [2.45, 2.75) is 167 Å². The number of aliphatic hydroxyl groups is 1. The van der Waals surface area contributed by atoms with Gasteiger partial charge in [-0.3, -0.25) is 14.4 Å². The van der Waals surface area contributed by atoms with Crippen molar-refractivity contribution in [1.29, 1.82) is 0 Å². The molecule has 0 rings (SSSR count). The van der Waals surface area contributed by atoms with Crippen LogP contribution in [0, 0.1) is 0 Å². The Morgan fingerprint density at radius 2 is 1.18 bits per heavy atom. The number of rotatable bonds is 34. The summed E-state index contributed by atoms with van der Waals surface area (Å²) in [6, 6.07) is -1.39. The molecule has 0 aliphatic heterocycles. The number of carboxylic acids is 1. The lowest BCUT2D eigenvalue weighted by Gasteiger charge is -2.14. The predicted molar refractivity (Wildman–Crippen MR) is 208 cm³/mol. The average Bonchev–Trinajstić information content (AvgIpc) is 3.11. The van der Waals surface area contributed by atoms with Crippen molar-refractivity contribution in [3.63, 3.8) is 0 Å². The van der Waals surface area contributed by atoms with Crippen molar-refractivity contribution >= 4 is 23.8 Å². The van der Waals surface area contributed by atoms with Crippen LogP contribution >= 0.6 is 0 Å². The van der Waals surface area contributed by atoms with Gasteiger partial charge in [-0.2, -0.15) is 0 Å². The Morgan fingerprint density at radius 3 is 1.80 bits per heavy atom. The minimum Gasteiger partial charge on any atom is -0.480 e. The molecular formula is C42H70N2O7. The molecule has 0 aromatic rings. The molecule has 0 bridgehead atoms. The summed E-state index contributed by atoms with van der Waals surface area (Å²) in [4.78, 5) is 47.3. The minimum absolute atomic E-state index is 0.125. The van der Waals surface area contributed by atoms with Crippen LogP contribution in [0.5, 0.6) is 0 Å². The maximum Gasteiger partial charge on any atom is 0.328 e. The number of carboxylic acid groups (broad SMARTS) is 1. The van der Waals surface area contributed by atoms with Gasteiger partial charge in [-0.25, -0.2) is 4.79 Å². The molecule has 0 radical (unpaired) electrons. The summed E-state index contributed by atoms with van der Waals surface area (Å²) < 4.78 is 5.89. The summed E-state index contributed by atoms with van der Waals surface area (Å²) in [6.45, 7) is 3.32. The van der Waals surface area contributed by atoms with E-state index in [1.165, 1.54) is 25.7 Å². The van der Waals surface area contributed by atoms with Crippen LogP contribution < -0.4 is 10.6 Å². The average molecular weight is 715 g/mol. The van der Waals surface area contributed by atoms with E-state index in [2.05, 4.69) is 79.2 Å². The maximum absolute atomic E-state index is 12.7. The van der Waals surface area contributed by atoms with Crippen LogP contribution in [0.25, 0.3) is 0 Å². The quantitative estimate of drug-likeness (QED) is 0.0296. The highest BCUT2D eigenvalue weighted by atomic mass is 16.5. The molecule has 0 aliphatic rings. The van der Waals surface area contributed by atoms with E-state index in [-0.39, 0.29) is 30.9 Å². The van der Waals surface area contributed by atoms with Gasteiger partial charge in [0.15, 0.2) is 0 Å². The number of carbonyl (C=O) groups excluding carboxylic acids is 3. The first kappa shape index (κ1) is 47.5. The van der Waals surface area contributed by atoms with Gasteiger partial charge >= 0.3 is 11.9 Å². The van der Waals surface area contributed by atoms with Gasteiger partial charge < -0.3 is 25.6 Å². The van der Waals surface area contributed by atoms with Crippen LogP contribution in [0.4, 0.5) is 0 Å². The van der Waals surface area contributed by atoms with Crippen LogP contribution in [-0.4, -0.2) is 59.3 Å². The summed E-state index contributed by atoms with van der Waals surface area (Å²) in [5, 5.41) is 22.5. The molecule has 4 N–H and O–H groups in total. The Kier molecular flexibility index (Phi) is 33.9. The minimum atomic E-state index is -1.39. The second-order valence-corrected chi connectivity index (χ2v) is 13.0. The highest BCUT2D eigenvalue weighted by molar-refractivity contribution is 5.87. The van der Waals surface area contributed by atoms with E-state index < -0.39 is 24.5 Å². The molecule has 290 valence electrons. The van der Waals surface area contributed by atoms with E-state index >= 15 is 0 Å². The molecule has 0 saturated heterocycles. The molecule has 0 heterocycles. The summed E-state index contributed by atoms with van der Waals surface area (Å²) in [5.41, 5.74) is 0. The lowest BCUT2D eigenvalue weighted by atomic mass is 10.1. The number of amides is 2. The number of carbonyl (C=O) groups is 4. The van der Waals surface area contributed by atoms with Crippen molar-refractivity contribution in [1.82, 2.24) is 10.6 Å². The summed E-state index contributed by atoms with van der Waals surface area (Å²) in [7, 11) is 0. The van der Waals surface area contributed by atoms with Crippen molar-refractivity contribution in [2.75, 3.05) is 13.2 Å². The number of nitrogens with one attached hydrogen (secondary N) is 2. The first-order chi connectivity index (χ1) is 24.8. The molecule has 2 atom stereocenters. The molecule has 2 unspecified atom stereocenters. The van der Waals surface area contributed by atoms with Gasteiger partial charge in [0.2, 0.25) is 11.8 Å². The molecule has 0 fully saturated rings. The Hall–Kier alpha value is -3.46. The number of hydrogen-bond acceptors (Lipinski definition) is 6. The zero-order valence-electron chi connectivity index (χ0n) is 31.8. The number of aliphatic hydroxyl groups excluding tert-OH is 1. The largest absolute Gasteiger partial charge is 0.480 e. The second-order valence-electron chi connectivity index (χ2n) is 13.0. The Morgan fingerprint density at radius 1 is 0.627 bits per heavy atom. The van der Waals surface area contributed by atoms with Gasteiger partial charge in [-0.15, -0.1) is 0 Å². The Balaban J connectivity index is 4.38. The van der Waals surface area contributed by atoms with Gasteiger partial charge in [0.05, 0.1) is 13.2 Å². The molecule has 0 aromatic carbocycles. The maximum atomic E-state index is 12.7.